The van der Waals surface area contributed by atoms with Gasteiger partial charge in [-0.2, -0.15) is 0 Å². The van der Waals surface area contributed by atoms with Gasteiger partial charge in [-0.05, 0) is 28.8 Å². The summed E-state index contributed by atoms with van der Waals surface area (Å²) in [4.78, 5) is 10.7. The largest absolute Gasteiger partial charge is 0.369 e. The first kappa shape index (κ1) is 15.3. The molecule has 21 heavy (non-hydrogen) atoms. The van der Waals surface area contributed by atoms with E-state index in [9.17, 15) is 17.8 Å². The van der Waals surface area contributed by atoms with Crippen LogP contribution in [0, 0.1) is 11.6 Å². The second-order valence-electron chi connectivity index (χ2n) is 4.52. The van der Waals surface area contributed by atoms with Gasteiger partial charge in [-0.25, -0.2) is 8.78 Å². The molecule has 0 aromatic heterocycles. The Morgan fingerprint density at radius 2 is 1.62 bits per heavy atom. The molecule has 3 nitrogen and oxygen atoms in total. The van der Waals surface area contributed by atoms with E-state index in [0.29, 0.717) is 5.56 Å². The maximum Gasteiger partial charge on any atom is 0.230 e. The number of hydrogen-bond donors (Lipinski definition) is 1. The molecule has 0 heterocycles. The minimum Gasteiger partial charge on any atom is -0.369 e. The van der Waals surface area contributed by atoms with Crippen LogP contribution in [-0.4, -0.2) is 15.9 Å². The second-order valence-corrected chi connectivity index (χ2v) is 5.98. The van der Waals surface area contributed by atoms with Gasteiger partial charge in [-0.1, -0.05) is 30.3 Å². The summed E-state index contributed by atoms with van der Waals surface area (Å²) < 4.78 is 37.6. The van der Waals surface area contributed by atoms with E-state index in [1.165, 1.54) is 6.07 Å². The third-order valence-electron chi connectivity index (χ3n) is 2.84. The lowest BCUT2D eigenvalue weighted by Crippen LogP contribution is -2.20. The van der Waals surface area contributed by atoms with E-state index in [2.05, 4.69) is 0 Å². The minimum atomic E-state index is -1.34. The highest BCUT2D eigenvalue weighted by Gasteiger charge is 2.07. The number of amides is 1. The molecule has 0 saturated carbocycles. The van der Waals surface area contributed by atoms with E-state index >= 15 is 0 Å². The van der Waals surface area contributed by atoms with Gasteiger partial charge in [0.1, 0.15) is 5.75 Å². The van der Waals surface area contributed by atoms with Crippen LogP contribution in [0.5, 0.6) is 0 Å². The number of carbonyl (C=O) groups excluding carboxylic acids is 1. The molecule has 2 rings (SSSR count). The molecule has 6 heteroatoms. The van der Waals surface area contributed by atoms with Gasteiger partial charge < -0.3 is 5.73 Å². The number of benzene rings is 2. The highest BCUT2D eigenvalue weighted by molar-refractivity contribution is 7.84. The van der Waals surface area contributed by atoms with Crippen molar-refractivity contribution in [2.24, 2.45) is 5.73 Å². The first-order chi connectivity index (χ1) is 9.95. The van der Waals surface area contributed by atoms with Crippen LogP contribution in [0.2, 0.25) is 0 Å². The zero-order valence-corrected chi connectivity index (χ0v) is 11.8. The molecule has 2 N–H and O–H groups in total. The molecule has 1 atom stereocenters. The summed E-state index contributed by atoms with van der Waals surface area (Å²) >= 11 is 0. The molecule has 2 aromatic carbocycles. The zero-order valence-electron chi connectivity index (χ0n) is 11.0. The van der Waals surface area contributed by atoms with Crippen molar-refractivity contribution in [3.8, 4) is 11.1 Å². The van der Waals surface area contributed by atoms with Crippen molar-refractivity contribution >= 4 is 16.7 Å². The Morgan fingerprint density at radius 1 is 1.00 bits per heavy atom. The Kier molecular flexibility index (Phi) is 4.80. The molecule has 0 spiro atoms. The predicted molar refractivity (Wildman–Crippen MR) is 77.7 cm³/mol. The van der Waals surface area contributed by atoms with E-state index in [1.54, 1.807) is 24.3 Å². The van der Waals surface area contributed by atoms with Crippen LogP contribution < -0.4 is 5.73 Å². The average Bonchev–Trinajstić information content (AvgIpc) is 2.42. The number of hydrogen-bond acceptors (Lipinski definition) is 2. The normalized spacial score (nSPS) is 12.1. The molecule has 0 aliphatic heterocycles. The molecule has 0 fully saturated rings. The summed E-state index contributed by atoms with van der Waals surface area (Å²) in [6.45, 7) is 0. The van der Waals surface area contributed by atoms with Crippen LogP contribution in [0.25, 0.3) is 11.1 Å². The molecule has 0 unspecified atom stereocenters. The summed E-state index contributed by atoms with van der Waals surface area (Å²) in [5.41, 5.74) is 7.03. The smallest absolute Gasteiger partial charge is 0.230 e. The van der Waals surface area contributed by atoms with E-state index in [-0.39, 0.29) is 11.5 Å². The monoisotopic (exact) mass is 309 g/mol. The van der Waals surface area contributed by atoms with Gasteiger partial charge in [0.05, 0.1) is 0 Å². The fourth-order valence-electron chi connectivity index (χ4n) is 1.86. The second kappa shape index (κ2) is 6.58. The fourth-order valence-corrected chi connectivity index (χ4v) is 2.85. The van der Waals surface area contributed by atoms with Crippen molar-refractivity contribution in [2.45, 2.75) is 5.75 Å². The van der Waals surface area contributed by atoms with Gasteiger partial charge in [0.2, 0.25) is 5.91 Å². The highest BCUT2D eigenvalue weighted by Crippen LogP contribution is 2.22. The van der Waals surface area contributed by atoms with Gasteiger partial charge in [-0.3, -0.25) is 9.00 Å². The van der Waals surface area contributed by atoms with Crippen molar-refractivity contribution in [1.82, 2.24) is 0 Å². The Labute approximate surface area is 123 Å². The Hall–Kier alpha value is -2.08. The minimum absolute atomic E-state index is 0.176. The van der Waals surface area contributed by atoms with Crippen LogP contribution >= 0.6 is 0 Å². The van der Waals surface area contributed by atoms with Crippen LogP contribution in [-0.2, 0) is 21.3 Å². The number of halogens is 2. The molecule has 0 bridgehead atoms. The summed E-state index contributed by atoms with van der Waals surface area (Å²) in [6, 6.07) is 10.6. The molecular formula is C15H13F2NO2S. The van der Waals surface area contributed by atoms with Gasteiger partial charge in [0.15, 0.2) is 11.6 Å². The van der Waals surface area contributed by atoms with E-state index in [0.717, 1.165) is 23.3 Å². The number of rotatable bonds is 5. The Morgan fingerprint density at radius 3 is 2.19 bits per heavy atom. The quantitative estimate of drug-likeness (QED) is 0.921. The van der Waals surface area contributed by atoms with Crippen molar-refractivity contribution in [2.75, 3.05) is 5.75 Å². The van der Waals surface area contributed by atoms with Gasteiger partial charge in [0, 0.05) is 16.6 Å². The van der Waals surface area contributed by atoms with Crippen LogP contribution in [0.3, 0.4) is 0 Å². The van der Waals surface area contributed by atoms with Crippen molar-refractivity contribution in [1.29, 1.82) is 0 Å². The number of carbonyl (C=O) groups is 1. The standard InChI is InChI=1S/C15H13F2NO2S/c16-13-6-5-12(7-14(13)17)11-3-1-10(2-4-11)8-21(20)9-15(18)19/h1-7H,8-9H2,(H2,18,19)/t21-/m0/s1. The fraction of sp³-hybridized carbons (Fsp3) is 0.133. The van der Waals surface area contributed by atoms with E-state index in [1.807, 2.05) is 0 Å². The Balaban J connectivity index is 2.13. The van der Waals surface area contributed by atoms with Crippen LogP contribution in [0.4, 0.5) is 8.78 Å². The van der Waals surface area contributed by atoms with Crippen LogP contribution in [0.1, 0.15) is 5.56 Å². The molecule has 110 valence electrons. The molecule has 2 aromatic rings. The van der Waals surface area contributed by atoms with Crippen molar-refractivity contribution < 1.29 is 17.8 Å². The molecule has 1 amide bonds. The lowest BCUT2D eigenvalue weighted by molar-refractivity contribution is -0.115. The van der Waals surface area contributed by atoms with Crippen molar-refractivity contribution in [3.05, 3.63) is 59.7 Å². The topological polar surface area (TPSA) is 60.2 Å². The maximum absolute atomic E-state index is 13.2. The SMILES string of the molecule is NC(=O)C[S@@](=O)Cc1ccc(-c2ccc(F)c(F)c2)cc1. The Bertz CT molecular complexity index is 687. The zero-order chi connectivity index (χ0) is 15.4. The van der Waals surface area contributed by atoms with Crippen LogP contribution in [0.15, 0.2) is 42.5 Å². The third-order valence-corrected chi connectivity index (χ3v) is 4.10. The first-order valence-corrected chi connectivity index (χ1v) is 7.62. The van der Waals surface area contributed by atoms with Gasteiger partial charge in [-0.15, -0.1) is 0 Å². The molecular weight excluding hydrogens is 296 g/mol. The summed E-state index contributed by atoms with van der Waals surface area (Å²) in [5.74, 6) is -2.35. The predicted octanol–water partition coefficient (Wildman–Crippen LogP) is 2.37. The summed E-state index contributed by atoms with van der Waals surface area (Å²) in [7, 11) is -1.34. The third kappa shape index (κ3) is 4.19. The maximum atomic E-state index is 13.2. The molecule has 0 aliphatic carbocycles. The lowest BCUT2D eigenvalue weighted by atomic mass is 10.0. The number of primary amides is 1. The van der Waals surface area contributed by atoms with Crippen molar-refractivity contribution in [3.63, 3.8) is 0 Å². The first-order valence-electron chi connectivity index (χ1n) is 6.13. The van der Waals surface area contributed by atoms with E-state index < -0.39 is 28.3 Å². The highest BCUT2D eigenvalue weighted by atomic mass is 32.2. The molecule has 0 saturated heterocycles. The van der Waals surface area contributed by atoms with Gasteiger partial charge >= 0.3 is 0 Å². The number of nitrogens with two attached hydrogens (primary N) is 1. The summed E-state index contributed by atoms with van der Waals surface area (Å²) in [6.07, 6.45) is 0. The molecule has 0 aliphatic rings. The van der Waals surface area contributed by atoms with Gasteiger partial charge in [0.25, 0.3) is 0 Å². The summed E-state index contributed by atoms with van der Waals surface area (Å²) in [5, 5.41) is 0. The van der Waals surface area contributed by atoms with E-state index in [4.69, 9.17) is 5.73 Å². The average molecular weight is 309 g/mol. The molecule has 0 radical (unpaired) electrons. The lowest BCUT2D eigenvalue weighted by Gasteiger charge is -2.05.